The van der Waals surface area contributed by atoms with Crippen LogP contribution in [0.3, 0.4) is 0 Å². The molecule has 0 aromatic heterocycles. The smallest absolute Gasteiger partial charge is 0.480 e. The van der Waals surface area contributed by atoms with E-state index in [1.807, 2.05) is 0 Å². The maximum Gasteiger partial charge on any atom is 0.488 e. The average Bonchev–Trinajstić information content (AvgIpc) is 2.25. The van der Waals surface area contributed by atoms with Crippen LogP contribution in [0.4, 0.5) is 3.89 Å². The molecule has 1 aromatic rings. The molecule has 0 saturated heterocycles. The summed E-state index contributed by atoms with van der Waals surface area (Å²) < 4.78 is 37.1. The van der Waals surface area contributed by atoms with Crippen LogP contribution < -0.4 is 9.50 Å². The minimum atomic E-state index is -5.14. The van der Waals surface area contributed by atoms with Crippen molar-refractivity contribution in [1.29, 1.82) is 0 Å². The van der Waals surface area contributed by atoms with Gasteiger partial charge < -0.3 is 14.6 Å². The Morgan fingerprint density at radius 1 is 1.45 bits per heavy atom. The molecule has 0 saturated carbocycles. The zero-order valence-corrected chi connectivity index (χ0v) is 11.2. The van der Waals surface area contributed by atoms with Crippen molar-refractivity contribution in [3.8, 4) is 5.75 Å². The van der Waals surface area contributed by atoms with Crippen molar-refractivity contribution in [2.75, 3.05) is 0 Å². The second kappa shape index (κ2) is 6.33. The van der Waals surface area contributed by atoms with E-state index < -0.39 is 28.4 Å². The highest BCUT2D eigenvalue weighted by Gasteiger charge is 2.19. The first kappa shape index (κ1) is 15.9. The number of rotatable bonds is 6. The maximum atomic E-state index is 12.4. The number of carboxylic acids is 1. The lowest BCUT2D eigenvalue weighted by molar-refractivity contribution is -0.141. The van der Waals surface area contributed by atoms with Crippen LogP contribution in [-0.2, 0) is 26.5 Å². The van der Waals surface area contributed by atoms with Crippen molar-refractivity contribution < 1.29 is 31.2 Å². The summed E-state index contributed by atoms with van der Waals surface area (Å²) in [5, 5.41) is 11.2. The fourth-order valence-electron chi connectivity index (χ4n) is 1.52. The van der Waals surface area contributed by atoms with Crippen molar-refractivity contribution in [2.45, 2.75) is 19.4 Å². The zero-order chi connectivity index (χ0) is 15.3. The Morgan fingerprint density at radius 3 is 2.60 bits per heavy atom. The molecule has 0 spiro atoms. The predicted molar refractivity (Wildman–Crippen MR) is 66.0 cm³/mol. The van der Waals surface area contributed by atoms with Crippen LogP contribution in [0, 0.1) is 0 Å². The molecule has 20 heavy (non-hydrogen) atoms. The monoisotopic (exact) mass is 305 g/mol. The Kier molecular flexibility index (Phi) is 5.03. The molecule has 2 N–H and O–H groups in total. The number of carbonyl (C=O) groups is 2. The Bertz CT molecular complexity index is 615. The van der Waals surface area contributed by atoms with E-state index in [0.717, 1.165) is 0 Å². The first-order chi connectivity index (χ1) is 9.17. The van der Waals surface area contributed by atoms with E-state index in [1.165, 1.54) is 31.2 Å². The summed E-state index contributed by atoms with van der Waals surface area (Å²) in [5.41, 5.74) is 0.368. The molecule has 1 rings (SSSR count). The van der Waals surface area contributed by atoms with Gasteiger partial charge >= 0.3 is 16.5 Å². The van der Waals surface area contributed by atoms with E-state index in [4.69, 9.17) is 5.11 Å². The maximum absolute atomic E-state index is 12.4. The Hall–Kier alpha value is -2.16. The van der Waals surface area contributed by atoms with Gasteiger partial charge in [0, 0.05) is 13.3 Å². The number of amides is 1. The van der Waals surface area contributed by atoms with Crippen LogP contribution in [0.2, 0.25) is 0 Å². The number of carboxylic acid groups (broad SMARTS) is 1. The average molecular weight is 305 g/mol. The largest absolute Gasteiger partial charge is 0.488 e. The summed E-state index contributed by atoms with van der Waals surface area (Å²) in [7, 11) is -5.14. The van der Waals surface area contributed by atoms with Crippen LogP contribution in [-0.4, -0.2) is 31.4 Å². The molecule has 110 valence electrons. The standard InChI is InChI=1S/C11H12FNO6S/c1-7(14)13-10(11(15)16)6-8-3-2-4-9(5-8)19-20(12,17)18/h2-5,10H,6H2,1H3,(H,13,14)(H,15,16)/t10-/m0/s1. The molecule has 1 atom stereocenters. The summed E-state index contributed by atoms with van der Waals surface area (Å²) in [4.78, 5) is 21.8. The number of hydrogen-bond donors (Lipinski definition) is 2. The van der Waals surface area contributed by atoms with Gasteiger partial charge in [0.25, 0.3) is 0 Å². The molecule has 0 heterocycles. The van der Waals surface area contributed by atoms with Crippen molar-refractivity contribution in [2.24, 2.45) is 0 Å². The molecule has 0 bridgehead atoms. The van der Waals surface area contributed by atoms with Crippen LogP contribution in [0.1, 0.15) is 12.5 Å². The van der Waals surface area contributed by atoms with Crippen molar-refractivity contribution >= 4 is 22.4 Å². The predicted octanol–water partition coefficient (Wildman–Crippen LogP) is 0.411. The molecule has 9 heteroatoms. The van der Waals surface area contributed by atoms with E-state index in [-0.39, 0.29) is 12.2 Å². The Morgan fingerprint density at radius 2 is 2.10 bits per heavy atom. The lowest BCUT2D eigenvalue weighted by Crippen LogP contribution is -2.41. The lowest BCUT2D eigenvalue weighted by Gasteiger charge is -2.13. The molecular weight excluding hydrogens is 293 g/mol. The van der Waals surface area contributed by atoms with E-state index in [2.05, 4.69) is 9.50 Å². The second-order valence-corrected chi connectivity index (χ2v) is 4.87. The summed E-state index contributed by atoms with van der Waals surface area (Å²) in [5.74, 6) is -2.04. The van der Waals surface area contributed by atoms with E-state index in [0.29, 0.717) is 5.56 Å². The minimum absolute atomic E-state index is 0.0988. The number of aliphatic carboxylic acids is 1. The van der Waals surface area contributed by atoms with E-state index >= 15 is 0 Å². The third-order valence-electron chi connectivity index (χ3n) is 2.21. The van der Waals surface area contributed by atoms with Crippen LogP contribution >= 0.6 is 0 Å². The SMILES string of the molecule is CC(=O)N[C@@H](Cc1cccc(OS(=O)(=O)F)c1)C(=O)O. The van der Waals surface area contributed by atoms with Crippen molar-refractivity contribution in [1.82, 2.24) is 5.32 Å². The first-order valence-electron chi connectivity index (χ1n) is 5.40. The van der Waals surface area contributed by atoms with Gasteiger partial charge in [-0.3, -0.25) is 4.79 Å². The number of carbonyl (C=O) groups excluding carboxylic acids is 1. The molecule has 0 unspecified atom stereocenters. The number of nitrogens with one attached hydrogen (secondary N) is 1. The molecule has 0 fully saturated rings. The fraction of sp³-hybridized carbons (Fsp3) is 0.273. The van der Waals surface area contributed by atoms with Crippen LogP contribution in [0.5, 0.6) is 5.75 Å². The molecule has 0 radical (unpaired) electrons. The lowest BCUT2D eigenvalue weighted by atomic mass is 10.1. The number of halogens is 1. The summed E-state index contributed by atoms with van der Waals surface area (Å²) in [6.45, 7) is 1.17. The van der Waals surface area contributed by atoms with Gasteiger partial charge in [-0.15, -0.1) is 0 Å². The van der Waals surface area contributed by atoms with Gasteiger partial charge in [0.05, 0.1) is 0 Å². The Labute approximate surface area is 114 Å². The Balaban J connectivity index is 2.88. The van der Waals surface area contributed by atoms with Gasteiger partial charge in [-0.2, -0.15) is 8.42 Å². The summed E-state index contributed by atoms with van der Waals surface area (Å²) >= 11 is 0. The van der Waals surface area contributed by atoms with Gasteiger partial charge in [-0.05, 0) is 17.7 Å². The minimum Gasteiger partial charge on any atom is -0.480 e. The second-order valence-electron chi connectivity index (χ2n) is 3.92. The third-order valence-corrected chi connectivity index (χ3v) is 2.60. The molecule has 1 aromatic carbocycles. The highest BCUT2D eigenvalue weighted by atomic mass is 32.3. The van der Waals surface area contributed by atoms with Gasteiger partial charge in [0.1, 0.15) is 11.8 Å². The normalized spacial score (nSPS) is 12.5. The number of hydrogen-bond acceptors (Lipinski definition) is 5. The molecule has 7 nitrogen and oxygen atoms in total. The van der Waals surface area contributed by atoms with E-state index in [9.17, 15) is 21.9 Å². The third kappa shape index (κ3) is 5.65. The molecule has 0 aliphatic heterocycles. The van der Waals surface area contributed by atoms with Gasteiger partial charge in [-0.1, -0.05) is 16.0 Å². The quantitative estimate of drug-likeness (QED) is 0.737. The number of benzene rings is 1. The van der Waals surface area contributed by atoms with Gasteiger partial charge in [-0.25, -0.2) is 4.79 Å². The molecule has 0 aliphatic rings. The van der Waals surface area contributed by atoms with E-state index in [1.54, 1.807) is 0 Å². The van der Waals surface area contributed by atoms with Gasteiger partial charge in [0.15, 0.2) is 0 Å². The van der Waals surface area contributed by atoms with Crippen LogP contribution in [0.25, 0.3) is 0 Å². The fourth-order valence-corrected chi connectivity index (χ4v) is 1.85. The van der Waals surface area contributed by atoms with Gasteiger partial charge in [0.2, 0.25) is 5.91 Å². The molecular formula is C11H12FNO6S. The summed E-state index contributed by atoms with van der Waals surface area (Å²) in [6, 6.07) is 4.08. The topological polar surface area (TPSA) is 110 Å². The summed E-state index contributed by atoms with van der Waals surface area (Å²) in [6.07, 6.45) is -0.0988. The first-order valence-corrected chi connectivity index (χ1v) is 6.71. The van der Waals surface area contributed by atoms with Crippen molar-refractivity contribution in [3.05, 3.63) is 29.8 Å². The molecule has 1 amide bonds. The highest BCUT2D eigenvalue weighted by molar-refractivity contribution is 7.81. The van der Waals surface area contributed by atoms with Crippen LogP contribution in [0.15, 0.2) is 24.3 Å². The van der Waals surface area contributed by atoms with Crippen molar-refractivity contribution in [3.63, 3.8) is 0 Å². The highest BCUT2D eigenvalue weighted by Crippen LogP contribution is 2.17. The zero-order valence-electron chi connectivity index (χ0n) is 10.4. The molecule has 0 aliphatic carbocycles.